The van der Waals surface area contributed by atoms with Gasteiger partial charge in [0.05, 0.1) is 23.9 Å². The summed E-state index contributed by atoms with van der Waals surface area (Å²) in [6, 6.07) is 43.5. The van der Waals surface area contributed by atoms with Crippen molar-refractivity contribution >= 4 is 96.2 Å². The molecule has 0 saturated heterocycles. The standard InChI is InChI=1S/C76H82BN3O/c1-70(2,3)49-26-29-51(30-27-49)79-63-45-60-59(74(10,11)36-37-75(60,12)13)44-62(63)77-67-64(79)41-54(78(50-23-17-16-18-24-50)52-28-25-47-21-19-20-22-48(47)39-52)42-65(67)80(53-31-32-56-57(40-53)72(6,7)34-33-71(56,4)5)68-55-43-58-61(46-66(55)81-69(68)77)76(14,15)38-35-73(58,8)9/h16-32,39-46H,33-38H2,1-15H3/i16D,17D,18D,23D,24D. The maximum atomic E-state index is 9.84. The van der Waals surface area contributed by atoms with Gasteiger partial charge in [-0.2, -0.15) is 0 Å². The molecule has 0 N–H and O–H groups in total. The van der Waals surface area contributed by atoms with Gasteiger partial charge in [-0.05, 0) is 216 Å². The topological polar surface area (TPSA) is 22.9 Å². The minimum Gasteiger partial charge on any atom is -0.468 e. The van der Waals surface area contributed by atoms with Crippen molar-refractivity contribution in [2.45, 2.75) is 180 Å². The molecule has 0 spiro atoms. The zero-order chi connectivity index (χ0) is 61.1. The van der Waals surface area contributed by atoms with Crippen molar-refractivity contribution in [1.29, 1.82) is 0 Å². The molecule has 0 fully saturated rings. The maximum absolute atomic E-state index is 9.84. The van der Waals surface area contributed by atoms with Crippen molar-refractivity contribution in [1.82, 2.24) is 0 Å². The summed E-state index contributed by atoms with van der Waals surface area (Å²) in [6.07, 6.45) is 6.39. The molecule has 0 saturated carbocycles. The van der Waals surface area contributed by atoms with Crippen LogP contribution in [0.1, 0.15) is 188 Å². The molecule has 0 atom stereocenters. The van der Waals surface area contributed by atoms with Crippen LogP contribution < -0.4 is 31.3 Å². The lowest BCUT2D eigenvalue weighted by atomic mass is 9.35. The Bertz CT molecular complexity index is 4360. The van der Waals surface area contributed by atoms with Gasteiger partial charge < -0.3 is 19.1 Å². The van der Waals surface area contributed by atoms with Crippen molar-refractivity contribution in [3.05, 3.63) is 190 Å². The Kier molecular flexibility index (Phi) is 9.95. The molecule has 8 aromatic carbocycles. The Labute approximate surface area is 490 Å². The van der Waals surface area contributed by atoms with E-state index in [1.807, 2.05) is 23.1 Å². The van der Waals surface area contributed by atoms with Crippen LogP contribution in [0, 0.1) is 0 Å². The highest BCUT2D eigenvalue weighted by Crippen LogP contribution is 2.56. The average molecular weight is 1070 g/mol. The lowest BCUT2D eigenvalue weighted by Crippen LogP contribution is -2.61. The summed E-state index contributed by atoms with van der Waals surface area (Å²) in [7, 11) is 0. The molecule has 1 aromatic heterocycles. The van der Waals surface area contributed by atoms with E-state index < -0.39 is 6.04 Å². The molecule has 410 valence electrons. The number of anilines is 9. The predicted molar refractivity (Wildman–Crippen MR) is 347 cm³/mol. The predicted octanol–water partition coefficient (Wildman–Crippen LogP) is 19.5. The fraction of sp³-hybridized carbons (Fsp3) is 0.368. The zero-order valence-electron chi connectivity index (χ0n) is 55.6. The van der Waals surface area contributed by atoms with Gasteiger partial charge in [-0.25, -0.2) is 0 Å². The van der Waals surface area contributed by atoms with Gasteiger partial charge in [-0.15, -0.1) is 0 Å². The number of benzene rings is 8. The minimum absolute atomic E-state index is 0.0288. The van der Waals surface area contributed by atoms with Crippen LogP contribution in [-0.2, 0) is 37.9 Å². The van der Waals surface area contributed by atoms with E-state index in [1.165, 1.54) is 44.4 Å². The second kappa shape index (κ2) is 17.3. The van der Waals surface area contributed by atoms with Crippen molar-refractivity contribution in [3.63, 3.8) is 0 Å². The van der Waals surface area contributed by atoms with E-state index in [4.69, 9.17) is 5.79 Å². The molecule has 3 aliphatic carbocycles. The molecule has 0 radical (unpaired) electrons. The van der Waals surface area contributed by atoms with Gasteiger partial charge >= 0.3 is 0 Å². The fourth-order valence-electron chi connectivity index (χ4n) is 15.2. The SMILES string of the molecule is [2H]c1c([2H])c([2H])c(N(c2cc3c4c(c2)N(c2ccc5c(c2)C(C)(C)CCC5(C)C)c2c(oc5cc6c(cc25)C(C)(C)CCC6(C)C)B4c2cc4c(cc2N3c2ccc(C(C)(C)C)cc2)C(C)(C)CCC4(C)C)c2ccc3ccccc3c2)c([2H])c1[2H]. The van der Waals surface area contributed by atoms with Crippen LogP contribution in [-0.4, -0.2) is 6.71 Å². The van der Waals surface area contributed by atoms with Crippen LogP contribution in [0.2, 0.25) is 0 Å². The molecule has 0 unspecified atom stereocenters. The first kappa shape index (κ1) is 46.6. The summed E-state index contributed by atoms with van der Waals surface area (Å²) in [6.45, 7) is 35.3. The number of rotatable bonds is 5. The number of para-hydroxylation sites is 1. The van der Waals surface area contributed by atoms with Crippen LogP contribution in [0.4, 0.5) is 51.2 Å². The van der Waals surface area contributed by atoms with Gasteiger partial charge in [-0.3, -0.25) is 0 Å². The summed E-state index contributed by atoms with van der Waals surface area (Å²) in [4.78, 5) is 6.92. The maximum Gasteiger partial charge on any atom is 0.297 e. The molecule has 0 bridgehead atoms. The van der Waals surface area contributed by atoms with Crippen molar-refractivity contribution in [2.75, 3.05) is 14.7 Å². The molecule has 0 amide bonds. The van der Waals surface area contributed by atoms with Crippen LogP contribution >= 0.6 is 0 Å². The molecular weight excluding hydrogens is 982 g/mol. The Hall–Kier alpha value is -6.98. The van der Waals surface area contributed by atoms with E-state index >= 15 is 0 Å². The first-order chi connectivity index (χ1) is 40.3. The summed E-state index contributed by atoms with van der Waals surface area (Å²) < 4.78 is 54.9. The first-order valence-electron chi connectivity index (χ1n) is 32.5. The van der Waals surface area contributed by atoms with Crippen molar-refractivity contribution in [3.8, 4) is 0 Å². The lowest BCUT2D eigenvalue weighted by Gasteiger charge is -2.47. The molecule has 81 heavy (non-hydrogen) atoms. The van der Waals surface area contributed by atoms with E-state index in [2.05, 4.69) is 217 Å². The number of hydrogen-bond acceptors (Lipinski definition) is 4. The minimum atomic E-state index is -0.431. The highest BCUT2D eigenvalue weighted by Gasteiger charge is 2.51. The number of fused-ring (bicyclic) bond motifs is 10. The molecule has 3 heterocycles. The quantitative estimate of drug-likeness (QED) is 0.160. The van der Waals surface area contributed by atoms with Gasteiger partial charge in [0.25, 0.3) is 6.71 Å². The highest BCUT2D eigenvalue weighted by molar-refractivity contribution is 7.00. The third-order valence-corrected chi connectivity index (χ3v) is 20.6. The molecule has 5 aliphatic rings. The largest absolute Gasteiger partial charge is 0.468 e. The molecule has 5 heteroatoms. The van der Waals surface area contributed by atoms with E-state index in [0.717, 1.165) is 106 Å². The Morgan fingerprint density at radius 1 is 0.469 bits per heavy atom. The Morgan fingerprint density at radius 3 is 1.62 bits per heavy atom. The number of furan rings is 1. The number of hydrogen-bond donors (Lipinski definition) is 0. The normalized spacial score (nSPS) is 20.1. The monoisotopic (exact) mass is 1070 g/mol. The van der Waals surface area contributed by atoms with Gasteiger partial charge in [0.2, 0.25) is 0 Å². The highest BCUT2D eigenvalue weighted by atomic mass is 16.3. The second-order valence-electron chi connectivity index (χ2n) is 29.8. The smallest absolute Gasteiger partial charge is 0.297 e. The Balaban J connectivity index is 1.19. The van der Waals surface area contributed by atoms with E-state index in [1.54, 1.807) is 0 Å². The van der Waals surface area contributed by atoms with E-state index in [9.17, 15) is 5.48 Å². The zero-order valence-corrected chi connectivity index (χ0v) is 50.6. The van der Waals surface area contributed by atoms with Gasteiger partial charge in [0.1, 0.15) is 5.58 Å². The lowest BCUT2D eigenvalue weighted by molar-refractivity contribution is 0.332. The molecule has 14 rings (SSSR count). The molecule has 4 nitrogen and oxygen atoms in total. The van der Waals surface area contributed by atoms with Gasteiger partial charge in [0.15, 0.2) is 0 Å². The van der Waals surface area contributed by atoms with E-state index in [-0.39, 0.29) is 74.5 Å². The first-order valence-corrected chi connectivity index (χ1v) is 30.0. The van der Waals surface area contributed by atoms with Crippen molar-refractivity contribution in [2.24, 2.45) is 0 Å². The summed E-state index contributed by atoms with van der Waals surface area (Å²) in [5, 5.41) is 3.07. The van der Waals surface area contributed by atoms with Crippen LogP contribution in [0.15, 0.2) is 156 Å². The third-order valence-electron chi connectivity index (χ3n) is 20.6. The third kappa shape index (κ3) is 7.97. The summed E-state index contributed by atoms with van der Waals surface area (Å²) in [5.41, 5.74) is 20.2. The average Bonchev–Trinajstić information content (AvgIpc) is 1.23. The second-order valence-corrected chi connectivity index (χ2v) is 29.8. The molecule has 9 aromatic rings. The summed E-state index contributed by atoms with van der Waals surface area (Å²) >= 11 is 0. The fourth-order valence-corrected chi connectivity index (χ4v) is 15.2. The van der Waals surface area contributed by atoms with Crippen molar-refractivity contribution < 1.29 is 11.3 Å². The summed E-state index contributed by atoms with van der Waals surface area (Å²) in [5.74, 6) is 0. The van der Waals surface area contributed by atoms with E-state index in [0.29, 0.717) is 11.4 Å². The van der Waals surface area contributed by atoms with Crippen LogP contribution in [0.5, 0.6) is 0 Å². The Morgan fingerprint density at radius 2 is 1.00 bits per heavy atom. The van der Waals surface area contributed by atoms with Crippen LogP contribution in [0.25, 0.3) is 21.7 Å². The van der Waals surface area contributed by atoms with Crippen LogP contribution in [0.3, 0.4) is 0 Å². The molecular formula is C76H82BN3O. The number of nitrogens with zero attached hydrogens (tertiary/aromatic N) is 3. The van der Waals surface area contributed by atoms with Gasteiger partial charge in [-0.1, -0.05) is 177 Å². The van der Waals surface area contributed by atoms with Gasteiger partial charge in [0, 0.05) is 45.2 Å². The molecule has 2 aliphatic heterocycles.